The van der Waals surface area contributed by atoms with Crippen molar-refractivity contribution in [3.8, 4) is 0 Å². The molecule has 0 bridgehead atoms. The number of ether oxygens (including phenoxy) is 1. The minimum Gasteiger partial charge on any atom is -0.379 e. The molecule has 1 aliphatic heterocycles. The van der Waals surface area contributed by atoms with Gasteiger partial charge in [-0.2, -0.15) is 0 Å². The van der Waals surface area contributed by atoms with Crippen LogP contribution in [0.2, 0.25) is 0 Å². The van der Waals surface area contributed by atoms with E-state index >= 15 is 0 Å². The first-order chi connectivity index (χ1) is 4.84. The molecule has 0 aromatic rings. The molecule has 2 heteroatoms. The molecule has 0 radical (unpaired) electrons. The third-order valence-electron chi connectivity index (χ3n) is 2.28. The summed E-state index contributed by atoms with van der Waals surface area (Å²) in [6.07, 6.45) is 1.24. The largest absolute Gasteiger partial charge is 0.379 e. The van der Waals surface area contributed by atoms with Gasteiger partial charge in [0.05, 0.1) is 13.2 Å². The van der Waals surface area contributed by atoms with Gasteiger partial charge in [-0.05, 0) is 5.92 Å². The molecule has 1 saturated heterocycles. The molecule has 0 spiro atoms. The van der Waals surface area contributed by atoms with Crippen molar-refractivity contribution in [2.24, 2.45) is 5.92 Å². The van der Waals surface area contributed by atoms with E-state index in [0.29, 0.717) is 6.04 Å². The van der Waals surface area contributed by atoms with Gasteiger partial charge in [-0.1, -0.05) is 20.3 Å². The van der Waals surface area contributed by atoms with E-state index in [0.717, 1.165) is 25.7 Å². The van der Waals surface area contributed by atoms with Gasteiger partial charge in [-0.25, -0.2) is 0 Å². The van der Waals surface area contributed by atoms with Crippen LogP contribution in [0.3, 0.4) is 0 Å². The smallest absolute Gasteiger partial charge is 0.0622 e. The highest BCUT2D eigenvalue weighted by Crippen LogP contribution is 2.09. The fraction of sp³-hybridized carbons (Fsp3) is 1.00. The Kier molecular flexibility index (Phi) is 3.16. The molecule has 1 heterocycles. The zero-order chi connectivity index (χ0) is 7.40. The maximum Gasteiger partial charge on any atom is 0.0622 e. The molecule has 2 nitrogen and oxygen atoms in total. The van der Waals surface area contributed by atoms with Gasteiger partial charge in [0, 0.05) is 12.6 Å². The highest BCUT2D eigenvalue weighted by molar-refractivity contribution is 4.74. The van der Waals surface area contributed by atoms with E-state index in [2.05, 4.69) is 19.2 Å². The van der Waals surface area contributed by atoms with Crippen molar-refractivity contribution in [1.29, 1.82) is 0 Å². The third kappa shape index (κ3) is 1.96. The minimum absolute atomic E-state index is 0.596. The van der Waals surface area contributed by atoms with Gasteiger partial charge in [0.1, 0.15) is 0 Å². The van der Waals surface area contributed by atoms with Crippen LogP contribution in [0.25, 0.3) is 0 Å². The summed E-state index contributed by atoms with van der Waals surface area (Å²) in [7, 11) is 0. The minimum atomic E-state index is 0.596. The molecule has 10 heavy (non-hydrogen) atoms. The van der Waals surface area contributed by atoms with E-state index in [1.807, 2.05) is 0 Å². The summed E-state index contributed by atoms with van der Waals surface area (Å²) in [4.78, 5) is 0. The van der Waals surface area contributed by atoms with E-state index in [4.69, 9.17) is 4.74 Å². The van der Waals surface area contributed by atoms with Crippen molar-refractivity contribution >= 4 is 0 Å². The number of hydrogen-bond donors (Lipinski definition) is 1. The van der Waals surface area contributed by atoms with Crippen molar-refractivity contribution in [3.05, 3.63) is 0 Å². The lowest BCUT2D eigenvalue weighted by Gasteiger charge is -2.28. The van der Waals surface area contributed by atoms with Crippen molar-refractivity contribution in [2.75, 3.05) is 19.8 Å². The lowest BCUT2D eigenvalue weighted by molar-refractivity contribution is 0.0588. The lowest BCUT2D eigenvalue weighted by Crippen LogP contribution is -2.45. The molecule has 0 amide bonds. The predicted molar refractivity (Wildman–Crippen MR) is 42.1 cm³/mol. The second-order valence-electron chi connectivity index (χ2n) is 3.02. The maximum atomic E-state index is 5.34. The number of nitrogens with one attached hydrogen (secondary N) is 1. The Labute approximate surface area is 63.0 Å². The number of morpholine rings is 1. The quantitative estimate of drug-likeness (QED) is 0.623. The molecular formula is C8H17NO. The van der Waals surface area contributed by atoms with Crippen LogP contribution in [0.5, 0.6) is 0 Å². The van der Waals surface area contributed by atoms with Crippen molar-refractivity contribution in [1.82, 2.24) is 5.32 Å². The zero-order valence-corrected chi connectivity index (χ0v) is 6.89. The topological polar surface area (TPSA) is 21.3 Å². The van der Waals surface area contributed by atoms with Gasteiger partial charge in [-0.3, -0.25) is 0 Å². The molecule has 0 saturated carbocycles. The van der Waals surface area contributed by atoms with Crippen molar-refractivity contribution in [2.45, 2.75) is 26.3 Å². The highest BCUT2D eigenvalue weighted by Gasteiger charge is 2.17. The molecule has 1 rings (SSSR count). The summed E-state index contributed by atoms with van der Waals surface area (Å²) >= 11 is 0. The second kappa shape index (κ2) is 3.94. The van der Waals surface area contributed by atoms with Gasteiger partial charge >= 0.3 is 0 Å². The maximum absolute atomic E-state index is 5.34. The van der Waals surface area contributed by atoms with Crippen LogP contribution in [0.4, 0.5) is 0 Å². The Hall–Kier alpha value is -0.0800. The number of hydrogen-bond acceptors (Lipinski definition) is 2. The van der Waals surface area contributed by atoms with Crippen LogP contribution in [-0.2, 0) is 4.74 Å². The van der Waals surface area contributed by atoms with Crippen molar-refractivity contribution < 1.29 is 4.74 Å². The van der Waals surface area contributed by atoms with Gasteiger partial charge in [0.25, 0.3) is 0 Å². The first-order valence-corrected chi connectivity index (χ1v) is 4.15. The van der Waals surface area contributed by atoms with Crippen LogP contribution >= 0.6 is 0 Å². The average Bonchev–Trinajstić information content (AvgIpc) is 2.05. The van der Waals surface area contributed by atoms with Gasteiger partial charge in [0.2, 0.25) is 0 Å². The van der Waals surface area contributed by atoms with Crippen molar-refractivity contribution in [3.63, 3.8) is 0 Å². The zero-order valence-electron chi connectivity index (χ0n) is 6.89. The SMILES string of the molecule is CCC(C)[C@@H]1COCCN1. The third-order valence-corrected chi connectivity index (χ3v) is 2.28. The van der Waals surface area contributed by atoms with E-state index in [-0.39, 0.29) is 0 Å². The lowest BCUT2D eigenvalue weighted by atomic mass is 9.99. The average molecular weight is 143 g/mol. The van der Waals surface area contributed by atoms with Gasteiger partial charge in [-0.15, -0.1) is 0 Å². The van der Waals surface area contributed by atoms with Gasteiger partial charge in [0.15, 0.2) is 0 Å². The van der Waals surface area contributed by atoms with Crippen LogP contribution in [0, 0.1) is 5.92 Å². The summed E-state index contributed by atoms with van der Waals surface area (Å²) in [5.41, 5.74) is 0. The molecule has 0 aromatic carbocycles. The van der Waals surface area contributed by atoms with Crippen LogP contribution in [0.1, 0.15) is 20.3 Å². The van der Waals surface area contributed by atoms with E-state index in [1.165, 1.54) is 6.42 Å². The molecule has 60 valence electrons. The first kappa shape index (κ1) is 8.02. The normalized spacial score (nSPS) is 30.0. The van der Waals surface area contributed by atoms with E-state index in [1.54, 1.807) is 0 Å². The Morgan fingerprint density at radius 3 is 3.00 bits per heavy atom. The number of rotatable bonds is 2. The van der Waals surface area contributed by atoms with E-state index in [9.17, 15) is 0 Å². The monoisotopic (exact) mass is 143 g/mol. The Balaban J connectivity index is 2.24. The first-order valence-electron chi connectivity index (χ1n) is 4.15. The summed E-state index contributed by atoms with van der Waals surface area (Å²) in [5, 5.41) is 3.44. The summed E-state index contributed by atoms with van der Waals surface area (Å²) < 4.78 is 5.34. The molecule has 1 aliphatic rings. The fourth-order valence-electron chi connectivity index (χ4n) is 1.24. The Morgan fingerprint density at radius 1 is 1.70 bits per heavy atom. The molecule has 1 fully saturated rings. The second-order valence-corrected chi connectivity index (χ2v) is 3.02. The van der Waals surface area contributed by atoms with Crippen LogP contribution in [-0.4, -0.2) is 25.8 Å². The summed E-state index contributed by atoms with van der Waals surface area (Å²) in [5.74, 6) is 0.750. The molecular weight excluding hydrogens is 126 g/mol. The van der Waals surface area contributed by atoms with E-state index < -0.39 is 0 Å². The summed E-state index contributed by atoms with van der Waals surface area (Å²) in [6, 6.07) is 0.596. The molecule has 1 unspecified atom stereocenters. The van der Waals surface area contributed by atoms with Gasteiger partial charge < -0.3 is 10.1 Å². The standard InChI is InChI=1S/C8H17NO/c1-3-7(2)8-6-10-5-4-9-8/h7-9H,3-6H2,1-2H3/t7?,8-/m0/s1. The molecule has 2 atom stereocenters. The van der Waals surface area contributed by atoms with Crippen LogP contribution in [0.15, 0.2) is 0 Å². The summed E-state index contributed by atoms with van der Waals surface area (Å²) in [6.45, 7) is 7.30. The highest BCUT2D eigenvalue weighted by atomic mass is 16.5. The Morgan fingerprint density at radius 2 is 2.50 bits per heavy atom. The predicted octanol–water partition coefficient (Wildman–Crippen LogP) is 1.02. The molecule has 0 aromatic heterocycles. The molecule has 0 aliphatic carbocycles. The van der Waals surface area contributed by atoms with Crippen LogP contribution < -0.4 is 5.32 Å². The fourth-order valence-corrected chi connectivity index (χ4v) is 1.24. The Bertz CT molecular complexity index is 89.3. The molecule has 1 N–H and O–H groups in total.